The second-order valence-corrected chi connectivity index (χ2v) is 37.6. The molecule has 110 heavy (non-hydrogen) atoms. The van der Waals surface area contributed by atoms with Crippen molar-refractivity contribution in [2.75, 3.05) is 0 Å². The summed E-state index contributed by atoms with van der Waals surface area (Å²) in [5.41, 5.74) is 21.5. The van der Waals surface area contributed by atoms with Crippen molar-refractivity contribution in [1.29, 1.82) is 0 Å². The van der Waals surface area contributed by atoms with Crippen molar-refractivity contribution in [3.8, 4) is 0 Å². The fourth-order valence-corrected chi connectivity index (χ4v) is 19.0. The van der Waals surface area contributed by atoms with Gasteiger partial charge in [-0.3, -0.25) is 0 Å². The van der Waals surface area contributed by atoms with Crippen LogP contribution in [0.2, 0.25) is 9.79 Å². The predicted molar refractivity (Wildman–Crippen MR) is 495 cm³/mol. The average molecular weight is 1620 g/mol. The summed E-state index contributed by atoms with van der Waals surface area (Å²) in [7, 11) is 0. The Balaban J connectivity index is 0.000000747. The summed E-state index contributed by atoms with van der Waals surface area (Å²) in [4.78, 5) is 3.10. The first-order chi connectivity index (χ1) is 54.6. The van der Waals surface area contributed by atoms with Gasteiger partial charge in [-0.2, -0.15) is 0 Å². The second-order valence-electron chi connectivity index (χ2n) is 35.3. The fourth-order valence-electron chi connectivity index (χ4n) is 17.0. The third-order valence-corrected chi connectivity index (χ3v) is 26.7. The molecule has 3 heteroatoms. The van der Waals surface area contributed by atoms with Crippen LogP contribution in [0.25, 0.3) is 16.9 Å². The molecule has 0 fully saturated rings. The zero-order valence-corrected chi connectivity index (χ0v) is 77.2. The van der Waals surface area contributed by atoms with Crippen molar-refractivity contribution in [2.45, 2.75) is 571 Å². The van der Waals surface area contributed by atoms with E-state index in [0.29, 0.717) is 0 Å². The number of hydrogen-bond donors (Lipinski definition) is 0. The third kappa shape index (κ3) is 64.1. The van der Waals surface area contributed by atoms with Crippen molar-refractivity contribution in [1.82, 2.24) is 0 Å². The molecular weight excluding hydrogens is 1420 g/mol. The minimum absolute atomic E-state index is 0.950. The van der Waals surface area contributed by atoms with Gasteiger partial charge in [0, 0.05) is 16.7 Å². The Bertz CT molecular complexity index is 2250. The molecule has 3 rings (SSSR count). The number of unbranched alkanes of at least 4 members (excludes halogenated alkanes) is 72. The van der Waals surface area contributed by atoms with E-state index in [2.05, 4.69) is 102 Å². The number of hydrogen-bond acceptors (Lipinski definition) is 0. The molecule has 1 heterocycles. The van der Waals surface area contributed by atoms with Crippen LogP contribution in [0.15, 0.2) is 71.8 Å². The van der Waals surface area contributed by atoms with Crippen molar-refractivity contribution in [2.24, 2.45) is 0 Å². The first-order valence-electron chi connectivity index (χ1n) is 50.8. The first-order valence-corrected chi connectivity index (χ1v) is 53.0. The second kappa shape index (κ2) is 84.8. The molecule has 0 N–H and O–H groups in total. The van der Waals surface area contributed by atoms with Crippen LogP contribution in [-0.4, -0.2) is 4.70 Å². The number of rotatable bonds is 86. The van der Waals surface area contributed by atoms with Crippen LogP contribution < -0.4 is 0 Å². The van der Waals surface area contributed by atoms with Crippen LogP contribution in [0.1, 0.15) is 571 Å². The molecule has 0 aliphatic carbocycles. The van der Waals surface area contributed by atoms with Gasteiger partial charge in [0.1, 0.15) is 0 Å². The zero-order chi connectivity index (χ0) is 78.7. The molecule has 0 unspecified atom stereocenters. The molecule has 0 radical (unpaired) electrons. The number of nitrogens with zero attached hydrogens (tertiary/aromatic N) is 2. The molecule has 642 valence electrons. The molecule has 0 amide bonds. The van der Waals surface area contributed by atoms with E-state index in [1.54, 1.807) is 9.79 Å². The Kier molecular flexibility index (Phi) is 80.2. The van der Waals surface area contributed by atoms with Crippen molar-refractivity contribution < 1.29 is 22.7 Å². The predicted octanol–water partition coefficient (Wildman–Crippen LogP) is 39.3. The molecule has 1 aliphatic heterocycles. The van der Waals surface area contributed by atoms with Gasteiger partial charge in [-0.15, -0.1) is 0 Å². The molecule has 0 bridgehead atoms. The monoisotopic (exact) mass is 1610 g/mol. The summed E-state index contributed by atoms with van der Waals surface area (Å²) in [5, 5.41) is 0. The van der Waals surface area contributed by atoms with Crippen LogP contribution in [0.3, 0.4) is 0 Å². The number of benzene rings is 2. The van der Waals surface area contributed by atoms with Crippen molar-refractivity contribution in [3.63, 3.8) is 0 Å². The fraction of sp³-hybridized carbons (Fsp3) is 0.832. The van der Waals surface area contributed by atoms with Crippen LogP contribution >= 0.6 is 0 Å². The zero-order valence-electron chi connectivity index (χ0n) is 75.7. The van der Waals surface area contributed by atoms with Crippen LogP contribution in [0.4, 0.5) is 0 Å². The van der Waals surface area contributed by atoms with Crippen LogP contribution in [0, 0.1) is 0 Å². The van der Waals surface area contributed by atoms with E-state index in [0.717, 1.165) is 79.0 Å². The van der Waals surface area contributed by atoms with Gasteiger partial charge in [0.05, 0.1) is 5.57 Å². The Hall–Kier alpha value is -2.08. The minimum Gasteiger partial charge on any atom is -0.0654 e. The van der Waals surface area contributed by atoms with E-state index in [1.807, 2.05) is 0 Å². The Labute approximate surface area is 700 Å². The molecule has 0 saturated carbocycles. The van der Waals surface area contributed by atoms with E-state index in [4.69, 9.17) is 0 Å². The van der Waals surface area contributed by atoms with Crippen molar-refractivity contribution >= 4 is 11.4 Å². The Morgan fingerprint density at radius 1 is 0.245 bits per heavy atom. The maximum absolute atomic E-state index is 12.1. The molecule has 1 aliphatic rings. The van der Waals surface area contributed by atoms with Gasteiger partial charge in [-0.1, -0.05) is 405 Å². The topological polar surface area (TPSA) is 25.3 Å². The summed E-state index contributed by atoms with van der Waals surface area (Å²) in [5.74, 6) is 0. The number of aryl methyl sites for hydroxylation is 2. The van der Waals surface area contributed by atoms with Crippen LogP contribution in [-0.2, 0) is 30.8 Å². The molecule has 0 spiro atoms. The molecule has 0 saturated heterocycles. The summed E-state index contributed by atoms with van der Waals surface area (Å²) in [6.07, 6.45) is 120. The van der Waals surface area contributed by atoms with E-state index in [9.17, 15) is 5.53 Å². The molecule has 0 atom stereocenters. The van der Waals surface area contributed by atoms with E-state index >= 15 is 0 Å². The summed E-state index contributed by atoms with van der Waals surface area (Å²) >= 11 is 1.05. The van der Waals surface area contributed by atoms with Gasteiger partial charge in [-0.25, -0.2) is 4.70 Å². The first kappa shape index (κ1) is 104. The van der Waals surface area contributed by atoms with Gasteiger partial charge >= 0.3 is 169 Å². The average Bonchev–Trinajstić information content (AvgIpc) is 1.61. The SMILES string of the molecule is CCCCCCCCCCCCCCCCCCCCCCC=CC1=C(c2cccc(CCCC)c2)[N+](=[N-])C(c2ccc(CCCCC)cc2)=C1CCCC.CCCCCCCCCCCCCCCCCCCCCCCCCC[CH2][Pd][CH2]CCCCCCCCCCCCCCCCCCCCCCCCCC. The maximum atomic E-state index is 12.1. The van der Waals surface area contributed by atoms with Gasteiger partial charge < -0.3 is 5.53 Å². The standard InChI is InChI=1S/C53H84N2.2C27H55.Pd/c1-5-9-13-14-15-16-17-18-19-20-21-22-23-24-25-26-27-28-29-30-31-33-40-51-50(39-12-8-4)52(48-43-41-46(42-44-48)36-32-10-6-2)55(54)53(51)49-38-34-37-47(45-49)35-11-7-3;2*1-3-5-7-9-11-13-15-17-19-21-23-25-27-26-24-22-20-18-16-14-12-10-8-6-4-2;/h33-34,37-38,40-45H,5-32,35-36,39H2,1-4H3;2*1,3-27H2,2H3;. The molecule has 2 aromatic rings. The summed E-state index contributed by atoms with van der Waals surface area (Å²) in [6.45, 7) is 13.7. The van der Waals surface area contributed by atoms with Gasteiger partial charge in [-0.05, 0) is 86.8 Å². The third-order valence-electron chi connectivity index (χ3n) is 24.5. The number of allylic oxidation sites excluding steroid dienone is 4. The summed E-state index contributed by atoms with van der Waals surface area (Å²) in [6, 6.07) is 18.0. The molecular formula is C107H194N2Pd. The van der Waals surface area contributed by atoms with Gasteiger partial charge in [0.25, 0.3) is 0 Å². The van der Waals surface area contributed by atoms with Crippen LogP contribution in [0.5, 0.6) is 0 Å². The van der Waals surface area contributed by atoms with Gasteiger partial charge in [0.15, 0.2) is 0 Å². The van der Waals surface area contributed by atoms with Gasteiger partial charge in [0.2, 0.25) is 11.4 Å². The normalized spacial score (nSPS) is 12.5. The van der Waals surface area contributed by atoms with E-state index < -0.39 is 0 Å². The Morgan fingerprint density at radius 3 is 0.818 bits per heavy atom. The molecule has 2 nitrogen and oxygen atoms in total. The quantitative estimate of drug-likeness (QED) is 0.0358. The minimum atomic E-state index is 0.950. The molecule has 2 aromatic carbocycles. The van der Waals surface area contributed by atoms with E-state index in [1.165, 1.54) is 509 Å². The Morgan fingerprint density at radius 2 is 0.509 bits per heavy atom. The smallest absolute Gasteiger partial charge is 0.0654 e. The van der Waals surface area contributed by atoms with Crippen molar-refractivity contribution in [3.05, 3.63) is 99.6 Å². The van der Waals surface area contributed by atoms with E-state index in [-0.39, 0.29) is 0 Å². The molecule has 0 aromatic heterocycles. The summed E-state index contributed by atoms with van der Waals surface area (Å²) < 4.78 is 1.54.